The van der Waals surface area contributed by atoms with Crippen LogP contribution < -0.4 is 9.88 Å². The van der Waals surface area contributed by atoms with E-state index in [4.69, 9.17) is 9.88 Å². The van der Waals surface area contributed by atoms with Crippen LogP contribution in [0.1, 0.15) is 18.9 Å². The Labute approximate surface area is 116 Å². The molecule has 0 aromatic heterocycles. The van der Waals surface area contributed by atoms with Crippen molar-refractivity contribution in [2.24, 2.45) is 5.14 Å². The molecule has 0 aliphatic carbocycles. The molecular formula is C12H14N2O5S. The number of nitrogens with zero attached hydrogens (tertiary/aromatic N) is 1. The normalized spacial score (nSPS) is 10.6. The third kappa shape index (κ3) is 3.94. The molecule has 1 aromatic carbocycles. The first kappa shape index (κ1) is 15.9. The smallest absolute Gasteiger partial charge is 0.312 e. The Kier molecular flexibility index (Phi) is 5.07. The molecule has 0 atom stereocenters. The summed E-state index contributed by atoms with van der Waals surface area (Å²) < 4.78 is 27.9. The van der Waals surface area contributed by atoms with Gasteiger partial charge in [0.25, 0.3) is 0 Å². The second-order valence-corrected chi connectivity index (χ2v) is 5.44. The van der Waals surface area contributed by atoms with Gasteiger partial charge in [-0.05, 0) is 25.5 Å². The van der Waals surface area contributed by atoms with Crippen molar-refractivity contribution in [2.75, 3.05) is 6.61 Å². The second kappa shape index (κ2) is 6.36. The first-order chi connectivity index (χ1) is 9.27. The predicted molar refractivity (Wildman–Crippen MR) is 72.8 cm³/mol. The van der Waals surface area contributed by atoms with Crippen LogP contribution >= 0.6 is 0 Å². The van der Waals surface area contributed by atoms with E-state index in [1.165, 1.54) is 13.0 Å². The first-order valence-electron chi connectivity index (χ1n) is 5.61. The molecule has 0 bridgehead atoms. The van der Waals surface area contributed by atoms with Gasteiger partial charge in [0.2, 0.25) is 10.0 Å². The molecule has 0 heterocycles. The largest absolute Gasteiger partial charge is 0.486 e. The van der Waals surface area contributed by atoms with Crippen molar-refractivity contribution in [1.29, 1.82) is 0 Å². The molecule has 0 spiro atoms. The molecule has 0 fully saturated rings. The Morgan fingerprint density at radius 2 is 2.10 bits per heavy atom. The van der Waals surface area contributed by atoms with Gasteiger partial charge in [-0.3, -0.25) is 10.1 Å². The molecule has 0 unspecified atom stereocenters. The van der Waals surface area contributed by atoms with Crippen molar-refractivity contribution in [2.45, 2.75) is 25.2 Å². The predicted octanol–water partition coefficient (Wildman–Crippen LogP) is 1.34. The monoisotopic (exact) mass is 298 g/mol. The van der Waals surface area contributed by atoms with Gasteiger partial charge in [-0.25, -0.2) is 13.6 Å². The van der Waals surface area contributed by atoms with Crippen LogP contribution in [0.25, 0.3) is 0 Å². The quantitative estimate of drug-likeness (QED) is 0.381. The van der Waals surface area contributed by atoms with Gasteiger partial charge in [0, 0.05) is 12.5 Å². The maximum atomic E-state index is 11.3. The summed E-state index contributed by atoms with van der Waals surface area (Å²) in [7, 11) is -4.02. The number of rotatable bonds is 5. The van der Waals surface area contributed by atoms with E-state index in [0.717, 1.165) is 6.07 Å². The Hall–Kier alpha value is -2.11. The molecule has 1 rings (SSSR count). The van der Waals surface area contributed by atoms with E-state index >= 15 is 0 Å². The highest BCUT2D eigenvalue weighted by atomic mass is 32.2. The summed E-state index contributed by atoms with van der Waals surface area (Å²) >= 11 is 0. The summed E-state index contributed by atoms with van der Waals surface area (Å²) in [5.74, 6) is 5.43. The summed E-state index contributed by atoms with van der Waals surface area (Å²) in [5.41, 5.74) is -0.154. The topological polar surface area (TPSA) is 113 Å². The van der Waals surface area contributed by atoms with E-state index in [1.807, 2.05) is 0 Å². The fourth-order valence-corrected chi connectivity index (χ4v) is 2.34. The van der Waals surface area contributed by atoms with E-state index in [1.54, 1.807) is 6.92 Å². The summed E-state index contributed by atoms with van der Waals surface area (Å²) in [4.78, 5) is 9.96. The van der Waals surface area contributed by atoms with E-state index in [2.05, 4.69) is 11.8 Å². The molecule has 1 aromatic rings. The minimum absolute atomic E-state index is 0.00203. The maximum absolute atomic E-state index is 11.3. The maximum Gasteiger partial charge on any atom is 0.312 e. The summed E-state index contributed by atoms with van der Waals surface area (Å²) in [6.07, 6.45) is 0.420. The van der Waals surface area contributed by atoms with Crippen molar-refractivity contribution < 1.29 is 18.1 Å². The van der Waals surface area contributed by atoms with E-state index in [9.17, 15) is 18.5 Å². The zero-order chi connectivity index (χ0) is 15.3. The van der Waals surface area contributed by atoms with Crippen LogP contribution in [0.15, 0.2) is 17.0 Å². The average molecular weight is 298 g/mol. The number of hydrogen-bond donors (Lipinski definition) is 1. The fourth-order valence-electron chi connectivity index (χ4n) is 1.55. The van der Waals surface area contributed by atoms with Gasteiger partial charge in [-0.2, -0.15) is 0 Å². The highest BCUT2D eigenvalue weighted by molar-refractivity contribution is 7.89. The SMILES string of the molecule is CC#CCCOc1cc(C)c(S(N)(=O)=O)cc1[N+](=O)[O-]. The number of hydrogen-bond acceptors (Lipinski definition) is 5. The molecule has 0 radical (unpaired) electrons. The summed E-state index contributed by atoms with van der Waals surface area (Å²) in [6.45, 7) is 3.34. The molecule has 0 amide bonds. The van der Waals surface area contributed by atoms with Crippen LogP contribution in [0, 0.1) is 28.9 Å². The standard InChI is InChI=1S/C12H14N2O5S/c1-3-4-5-6-19-11-7-9(2)12(20(13,17)18)8-10(11)14(15)16/h7-8H,5-6H2,1-2H3,(H2,13,17,18). The Morgan fingerprint density at radius 1 is 1.45 bits per heavy atom. The van der Waals surface area contributed by atoms with Crippen LogP contribution in [0.2, 0.25) is 0 Å². The third-order valence-electron chi connectivity index (χ3n) is 2.42. The lowest BCUT2D eigenvalue weighted by Crippen LogP contribution is -2.14. The molecular weight excluding hydrogens is 284 g/mol. The number of primary sulfonamides is 1. The lowest BCUT2D eigenvalue weighted by molar-refractivity contribution is -0.386. The first-order valence-corrected chi connectivity index (χ1v) is 7.16. The summed E-state index contributed by atoms with van der Waals surface area (Å²) in [6, 6.07) is 2.20. The molecule has 7 nitrogen and oxygen atoms in total. The number of benzene rings is 1. The van der Waals surface area contributed by atoms with Crippen molar-refractivity contribution >= 4 is 15.7 Å². The Morgan fingerprint density at radius 3 is 2.60 bits per heavy atom. The number of nitro groups is 1. The third-order valence-corrected chi connectivity index (χ3v) is 3.47. The van der Waals surface area contributed by atoms with Crippen LogP contribution in [-0.4, -0.2) is 19.9 Å². The molecule has 0 aliphatic heterocycles. The zero-order valence-corrected chi connectivity index (χ0v) is 11.9. The van der Waals surface area contributed by atoms with Gasteiger partial charge >= 0.3 is 5.69 Å². The van der Waals surface area contributed by atoms with Gasteiger partial charge in [-0.15, -0.1) is 11.8 Å². The molecule has 0 saturated heterocycles. The zero-order valence-electron chi connectivity index (χ0n) is 11.0. The molecule has 0 saturated carbocycles. The fraction of sp³-hybridized carbons (Fsp3) is 0.333. The van der Waals surface area contributed by atoms with Crippen LogP contribution in [-0.2, 0) is 10.0 Å². The summed E-state index contributed by atoms with van der Waals surface area (Å²) in [5, 5.41) is 16.0. The van der Waals surface area contributed by atoms with Crippen molar-refractivity contribution in [3.63, 3.8) is 0 Å². The second-order valence-electron chi connectivity index (χ2n) is 3.91. The number of nitro benzene ring substituents is 1. The number of aryl methyl sites for hydroxylation is 1. The van der Waals surface area contributed by atoms with Crippen molar-refractivity contribution in [3.8, 4) is 17.6 Å². The minimum atomic E-state index is -4.02. The van der Waals surface area contributed by atoms with Gasteiger partial charge in [-0.1, -0.05) is 0 Å². The molecule has 0 aliphatic rings. The number of ether oxygens (including phenoxy) is 1. The van der Waals surface area contributed by atoms with E-state index in [-0.39, 0.29) is 22.8 Å². The minimum Gasteiger partial charge on any atom is -0.486 e. The van der Waals surface area contributed by atoms with Gasteiger partial charge in [0.1, 0.15) is 0 Å². The lowest BCUT2D eigenvalue weighted by atomic mass is 10.2. The van der Waals surface area contributed by atoms with Gasteiger partial charge in [0.15, 0.2) is 5.75 Å². The van der Waals surface area contributed by atoms with Crippen LogP contribution in [0.5, 0.6) is 5.75 Å². The molecule has 2 N–H and O–H groups in total. The van der Waals surface area contributed by atoms with Crippen LogP contribution in [0.3, 0.4) is 0 Å². The van der Waals surface area contributed by atoms with Gasteiger partial charge < -0.3 is 4.74 Å². The Bertz CT molecular complexity index is 686. The van der Waals surface area contributed by atoms with Crippen LogP contribution in [0.4, 0.5) is 5.69 Å². The van der Waals surface area contributed by atoms with Crippen molar-refractivity contribution in [3.05, 3.63) is 27.8 Å². The lowest BCUT2D eigenvalue weighted by Gasteiger charge is -2.09. The number of nitrogens with two attached hydrogens (primary N) is 1. The molecule has 8 heteroatoms. The van der Waals surface area contributed by atoms with Crippen molar-refractivity contribution in [1.82, 2.24) is 0 Å². The molecule has 20 heavy (non-hydrogen) atoms. The number of sulfonamides is 1. The molecule has 108 valence electrons. The highest BCUT2D eigenvalue weighted by Gasteiger charge is 2.22. The van der Waals surface area contributed by atoms with E-state index < -0.39 is 20.6 Å². The Balaban J connectivity index is 3.20. The highest BCUT2D eigenvalue weighted by Crippen LogP contribution is 2.32. The van der Waals surface area contributed by atoms with E-state index in [0.29, 0.717) is 6.42 Å². The average Bonchev–Trinajstić information content (AvgIpc) is 2.32. The van der Waals surface area contributed by atoms with Gasteiger partial charge in [0.05, 0.1) is 16.4 Å².